The molecule has 0 saturated heterocycles. The number of aromatic nitrogens is 1. The van der Waals surface area contributed by atoms with Crippen molar-refractivity contribution in [3.05, 3.63) is 48.2 Å². The molecule has 0 radical (unpaired) electrons. The van der Waals surface area contributed by atoms with E-state index in [1.54, 1.807) is 17.0 Å². The summed E-state index contributed by atoms with van der Waals surface area (Å²) >= 11 is 0. The molecular weight excluding hydrogens is 316 g/mol. The van der Waals surface area contributed by atoms with E-state index in [2.05, 4.69) is 10.3 Å². The lowest BCUT2D eigenvalue weighted by Gasteiger charge is -2.17. The van der Waals surface area contributed by atoms with E-state index in [4.69, 9.17) is 10.00 Å². The maximum Gasteiger partial charge on any atom is 0.241 e. The number of ether oxygens (including phenoxy) is 1. The van der Waals surface area contributed by atoms with Crippen molar-refractivity contribution in [3.8, 4) is 17.7 Å². The molecule has 128 valence electrons. The Bertz CT molecular complexity index is 779. The average Bonchev–Trinajstić information content (AvgIpc) is 3.44. The Morgan fingerprint density at radius 1 is 1.40 bits per heavy atom. The maximum atomic E-state index is 12.1. The lowest BCUT2D eigenvalue weighted by molar-refractivity contribution is -0.128. The molecule has 1 N–H and O–H groups in total. The molecule has 2 aromatic rings. The lowest BCUT2D eigenvalue weighted by Crippen LogP contribution is -2.33. The first-order valence-corrected chi connectivity index (χ1v) is 8.26. The van der Waals surface area contributed by atoms with E-state index in [0.29, 0.717) is 23.1 Å². The summed E-state index contributed by atoms with van der Waals surface area (Å²) in [7, 11) is 1.85. The van der Waals surface area contributed by atoms with Crippen molar-refractivity contribution in [2.75, 3.05) is 25.5 Å². The summed E-state index contributed by atoms with van der Waals surface area (Å²) < 4.78 is 5.68. The SMILES string of the molecule is CN(CC1CC1)C(=O)CNc1cccc(Oc2ccc(C#N)cn2)c1. The quantitative estimate of drug-likeness (QED) is 0.841. The Hall–Kier alpha value is -3.07. The van der Waals surface area contributed by atoms with Gasteiger partial charge in [0.25, 0.3) is 0 Å². The van der Waals surface area contributed by atoms with Crippen LogP contribution in [0.2, 0.25) is 0 Å². The average molecular weight is 336 g/mol. The van der Waals surface area contributed by atoms with Crippen LogP contribution in [-0.2, 0) is 4.79 Å². The molecule has 25 heavy (non-hydrogen) atoms. The van der Waals surface area contributed by atoms with E-state index < -0.39 is 0 Å². The molecule has 0 bridgehead atoms. The van der Waals surface area contributed by atoms with Gasteiger partial charge in [0, 0.05) is 37.6 Å². The van der Waals surface area contributed by atoms with Gasteiger partial charge >= 0.3 is 0 Å². The van der Waals surface area contributed by atoms with Crippen LogP contribution in [0.3, 0.4) is 0 Å². The van der Waals surface area contributed by atoms with E-state index in [1.165, 1.54) is 19.0 Å². The molecule has 0 spiro atoms. The second-order valence-corrected chi connectivity index (χ2v) is 6.20. The fourth-order valence-corrected chi connectivity index (χ4v) is 2.40. The molecule has 3 rings (SSSR count). The van der Waals surface area contributed by atoms with E-state index in [1.807, 2.05) is 37.4 Å². The molecule has 1 amide bonds. The van der Waals surface area contributed by atoms with Gasteiger partial charge < -0.3 is 15.0 Å². The van der Waals surface area contributed by atoms with Gasteiger partial charge in [-0.2, -0.15) is 5.26 Å². The number of likely N-dealkylation sites (N-methyl/N-ethyl adjacent to an activating group) is 1. The number of anilines is 1. The van der Waals surface area contributed by atoms with Gasteiger partial charge in [-0.3, -0.25) is 4.79 Å². The molecule has 0 aliphatic heterocycles. The number of pyridine rings is 1. The summed E-state index contributed by atoms with van der Waals surface area (Å²) in [5.74, 6) is 1.79. The first-order valence-electron chi connectivity index (χ1n) is 8.26. The Labute approximate surface area is 147 Å². The second kappa shape index (κ2) is 7.67. The molecule has 1 saturated carbocycles. The molecule has 1 aliphatic carbocycles. The monoisotopic (exact) mass is 336 g/mol. The second-order valence-electron chi connectivity index (χ2n) is 6.20. The zero-order chi connectivity index (χ0) is 17.6. The molecular formula is C19H20N4O2. The number of carbonyl (C=O) groups excluding carboxylic acids is 1. The van der Waals surface area contributed by atoms with Crippen LogP contribution >= 0.6 is 0 Å². The molecule has 1 heterocycles. The van der Waals surface area contributed by atoms with Crippen molar-refractivity contribution in [2.24, 2.45) is 5.92 Å². The Kier molecular flexibility index (Phi) is 5.14. The van der Waals surface area contributed by atoms with Crippen LogP contribution in [0.25, 0.3) is 0 Å². The molecule has 1 aliphatic rings. The summed E-state index contributed by atoms with van der Waals surface area (Å²) in [5, 5.41) is 11.9. The molecule has 1 aromatic carbocycles. The summed E-state index contributed by atoms with van der Waals surface area (Å²) in [6.07, 6.45) is 3.92. The summed E-state index contributed by atoms with van der Waals surface area (Å²) in [4.78, 5) is 18.0. The number of amides is 1. The predicted molar refractivity (Wildman–Crippen MR) is 94.3 cm³/mol. The number of hydrogen-bond acceptors (Lipinski definition) is 5. The molecule has 1 aromatic heterocycles. The van der Waals surface area contributed by atoms with Gasteiger partial charge in [-0.15, -0.1) is 0 Å². The zero-order valence-electron chi connectivity index (χ0n) is 14.1. The Morgan fingerprint density at radius 3 is 2.92 bits per heavy atom. The number of nitriles is 1. The molecule has 0 unspecified atom stereocenters. The van der Waals surface area contributed by atoms with Crippen LogP contribution in [0.5, 0.6) is 11.6 Å². The van der Waals surface area contributed by atoms with Crippen molar-refractivity contribution >= 4 is 11.6 Å². The van der Waals surface area contributed by atoms with Gasteiger partial charge in [0.05, 0.1) is 12.1 Å². The largest absolute Gasteiger partial charge is 0.439 e. The highest BCUT2D eigenvalue weighted by atomic mass is 16.5. The normalized spacial score (nSPS) is 13.0. The van der Waals surface area contributed by atoms with Crippen molar-refractivity contribution in [3.63, 3.8) is 0 Å². The summed E-state index contributed by atoms with van der Waals surface area (Å²) in [6.45, 7) is 1.09. The van der Waals surface area contributed by atoms with Gasteiger partial charge in [0.1, 0.15) is 11.8 Å². The first-order chi connectivity index (χ1) is 12.1. The highest BCUT2D eigenvalue weighted by Crippen LogP contribution is 2.29. The van der Waals surface area contributed by atoms with Crippen LogP contribution in [0.1, 0.15) is 18.4 Å². The third kappa shape index (κ3) is 4.95. The number of nitrogens with zero attached hydrogens (tertiary/aromatic N) is 3. The van der Waals surface area contributed by atoms with Crippen LogP contribution in [-0.4, -0.2) is 35.9 Å². The minimum atomic E-state index is 0.0759. The minimum Gasteiger partial charge on any atom is -0.439 e. The number of benzene rings is 1. The Morgan fingerprint density at radius 2 is 2.24 bits per heavy atom. The van der Waals surface area contributed by atoms with Gasteiger partial charge in [0.2, 0.25) is 11.8 Å². The van der Waals surface area contributed by atoms with Gasteiger partial charge in [-0.05, 0) is 37.0 Å². The van der Waals surface area contributed by atoms with Gasteiger partial charge in [-0.1, -0.05) is 6.07 Å². The van der Waals surface area contributed by atoms with Gasteiger partial charge in [0.15, 0.2) is 0 Å². The maximum absolute atomic E-state index is 12.1. The third-order valence-corrected chi connectivity index (χ3v) is 4.02. The number of hydrogen-bond donors (Lipinski definition) is 1. The molecule has 6 heteroatoms. The van der Waals surface area contributed by atoms with Crippen LogP contribution in [0.4, 0.5) is 5.69 Å². The first kappa shape index (κ1) is 16.8. The van der Waals surface area contributed by atoms with E-state index >= 15 is 0 Å². The fraction of sp³-hybridized carbons (Fsp3) is 0.316. The van der Waals surface area contributed by atoms with Crippen molar-refractivity contribution < 1.29 is 9.53 Å². The summed E-state index contributed by atoms with van der Waals surface area (Å²) in [6, 6.07) is 12.7. The standard InChI is InChI=1S/C19H20N4O2/c1-23(13-14-5-6-14)19(24)12-21-16-3-2-4-17(9-16)25-18-8-7-15(10-20)11-22-18/h2-4,7-9,11,14,21H,5-6,12-13H2,1H3. The smallest absolute Gasteiger partial charge is 0.241 e. The van der Waals surface area contributed by atoms with Crippen LogP contribution < -0.4 is 10.1 Å². The third-order valence-electron chi connectivity index (χ3n) is 4.02. The van der Waals surface area contributed by atoms with Crippen molar-refractivity contribution in [2.45, 2.75) is 12.8 Å². The molecule has 0 atom stereocenters. The fourth-order valence-electron chi connectivity index (χ4n) is 2.40. The van der Waals surface area contributed by atoms with E-state index in [-0.39, 0.29) is 12.5 Å². The summed E-state index contributed by atoms with van der Waals surface area (Å²) in [5.41, 5.74) is 1.29. The van der Waals surface area contributed by atoms with Gasteiger partial charge in [-0.25, -0.2) is 4.98 Å². The van der Waals surface area contributed by atoms with Crippen molar-refractivity contribution in [1.82, 2.24) is 9.88 Å². The highest BCUT2D eigenvalue weighted by molar-refractivity contribution is 5.80. The highest BCUT2D eigenvalue weighted by Gasteiger charge is 2.24. The van der Waals surface area contributed by atoms with Crippen molar-refractivity contribution in [1.29, 1.82) is 5.26 Å². The lowest BCUT2D eigenvalue weighted by atomic mass is 10.3. The van der Waals surface area contributed by atoms with E-state index in [0.717, 1.165) is 12.2 Å². The Balaban J connectivity index is 1.55. The topological polar surface area (TPSA) is 78.3 Å². The predicted octanol–water partition coefficient (Wildman–Crippen LogP) is 3.03. The minimum absolute atomic E-state index is 0.0759. The van der Waals surface area contributed by atoms with E-state index in [9.17, 15) is 4.79 Å². The molecule has 1 fully saturated rings. The van der Waals surface area contributed by atoms with Crippen LogP contribution in [0, 0.1) is 17.2 Å². The number of nitrogens with one attached hydrogen (secondary N) is 1. The molecule has 6 nitrogen and oxygen atoms in total. The van der Waals surface area contributed by atoms with Crippen LogP contribution in [0.15, 0.2) is 42.6 Å². The zero-order valence-corrected chi connectivity index (χ0v) is 14.1. The number of carbonyl (C=O) groups is 1. The number of rotatable bonds is 7.